The van der Waals surface area contributed by atoms with Crippen molar-refractivity contribution in [1.82, 2.24) is 0 Å². The second kappa shape index (κ2) is 14.2. The fourth-order valence-corrected chi connectivity index (χ4v) is 1.52. The molecule has 0 unspecified atom stereocenters. The summed E-state index contributed by atoms with van der Waals surface area (Å²) in [4.78, 5) is 0. The lowest BCUT2D eigenvalue weighted by atomic mass is 10.2. The first-order valence-electron chi connectivity index (χ1n) is 7.14. The van der Waals surface area contributed by atoms with Crippen molar-refractivity contribution in [1.29, 1.82) is 0 Å². The van der Waals surface area contributed by atoms with Gasteiger partial charge in [-0.2, -0.15) is 0 Å². The third kappa shape index (κ3) is 11.7. The summed E-state index contributed by atoms with van der Waals surface area (Å²) >= 11 is 0. The van der Waals surface area contributed by atoms with E-state index >= 15 is 0 Å². The van der Waals surface area contributed by atoms with E-state index in [-0.39, 0.29) is 6.29 Å². The Bertz CT molecular complexity index is 244. The SMILES string of the molecule is CCCCCC=C=C/C=C\CC(OCC)OCC. The van der Waals surface area contributed by atoms with Gasteiger partial charge in [-0.25, -0.2) is 0 Å². The second-order valence-corrected chi connectivity index (χ2v) is 4.04. The van der Waals surface area contributed by atoms with Gasteiger partial charge in [0.15, 0.2) is 6.29 Å². The van der Waals surface area contributed by atoms with E-state index in [1.54, 1.807) is 0 Å². The third-order valence-electron chi connectivity index (χ3n) is 2.43. The Balaban J connectivity index is 3.75. The van der Waals surface area contributed by atoms with Crippen LogP contribution < -0.4 is 0 Å². The molecule has 0 aliphatic rings. The number of ether oxygens (including phenoxy) is 2. The van der Waals surface area contributed by atoms with Crippen LogP contribution >= 0.6 is 0 Å². The minimum atomic E-state index is -0.113. The summed E-state index contributed by atoms with van der Waals surface area (Å²) in [6, 6.07) is 0. The van der Waals surface area contributed by atoms with Gasteiger partial charge in [-0.3, -0.25) is 0 Å². The smallest absolute Gasteiger partial charge is 0.160 e. The van der Waals surface area contributed by atoms with E-state index in [1.165, 1.54) is 19.3 Å². The fourth-order valence-electron chi connectivity index (χ4n) is 1.52. The van der Waals surface area contributed by atoms with Crippen LogP contribution in [0.25, 0.3) is 0 Å². The number of rotatable bonds is 11. The molecule has 0 amide bonds. The summed E-state index contributed by atoms with van der Waals surface area (Å²) in [6.45, 7) is 7.55. The van der Waals surface area contributed by atoms with Gasteiger partial charge >= 0.3 is 0 Å². The highest BCUT2D eigenvalue weighted by atomic mass is 16.7. The van der Waals surface area contributed by atoms with Gasteiger partial charge in [0.05, 0.1) is 0 Å². The van der Waals surface area contributed by atoms with Crippen LogP contribution in [0, 0.1) is 0 Å². The zero-order valence-corrected chi connectivity index (χ0v) is 12.2. The van der Waals surface area contributed by atoms with E-state index in [1.807, 2.05) is 26.0 Å². The first-order chi connectivity index (χ1) is 8.85. The summed E-state index contributed by atoms with van der Waals surface area (Å²) in [7, 11) is 0. The van der Waals surface area contributed by atoms with Crippen LogP contribution in [0.2, 0.25) is 0 Å². The molecule has 0 aliphatic heterocycles. The maximum Gasteiger partial charge on any atom is 0.160 e. The molecule has 0 saturated heterocycles. The molecule has 104 valence electrons. The molecule has 18 heavy (non-hydrogen) atoms. The lowest BCUT2D eigenvalue weighted by Crippen LogP contribution is -2.16. The van der Waals surface area contributed by atoms with Gasteiger partial charge in [-0.15, -0.1) is 5.73 Å². The number of unbranched alkanes of at least 4 members (excludes halogenated alkanes) is 3. The average Bonchev–Trinajstić information content (AvgIpc) is 2.37. The highest BCUT2D eigenvalue weighted by Crippen LogP contribution is 2.02. The molecule has 0 aliphatic carbocycles. The lowest BCUT2D eigenvalue weighted by molar-refractivity contribution is -0.133. The van der Waals surface area contributed by atoms with Gasteiger partial charge in [-0.05, 0) is 38.8 Å². The summed E-state index contributed by atoms with van der Waals surface area (Å²) in [5, 5.41) is 0. The van der Waals surface area contributed by atoms with E-state index in [2.05, 4.69) is 24.8 Å². The van der Waals surface area contributed by atoms with E-state index < -0.39 is 0 Å². The Morgan fingerprint density at radius 3 is 2.39 bits per heavy atom. The number of hydrogen-bond acceptors (Lipinski definition) is 2. The molecule has 2 nitrogen and oxygen atoms in total. The Hall–Kier alpha value is -0.820. The summed E-state index contributed by atoms with van der Waals surface area (Å²) in [6.07, 6.45) is 13.7. The third-order valence-corrected chi connectivity index (χ3v) is 2.43. The molecule has 0 spiro atoms. The molecule has 0 bridgehead atoms. The van der Waals surface area contributed by atoms with Crippen molar-refractivity contribution in [2.75, 3.05) is 13.2 Å². The molecule has 0 radical (unpaired) electrons. The van der Waals surface area contributed by atoms with E-state index in [4.69, 9.17) is 9.47 Å². The van der Waals surface area contributed by atoms with Gasteiger partial charge in [-0.1, -0.05) is 31.9 Å². The van der Waals surface area contributed by atoms with Gasteiger partial charge in [0.1, 0.15) is 0 Å². The largest absolute Gasteiger partial charge is 0.353 e. The Morgan fingerprint density at radius 2 is 1.78 bits per heavy atom. The molecule has 0 N–H and O–H groups in total. The normalized spacial score (nSPS) is 10.9. The quantitative estimate of drug-likeness (QED) is 0.231. The number of hydrogen-bond donors (Lipinski definition) is 0. The predicted octanol–water partition coefficient (Wildman–Crippen LogP) is 4.62. The standard InChI is InChI=1S/C16H28O2/c1-4-7-8-9-10-11-12-13-14-15-16(17-5-2)18-6-3/h10,12-14,16H,4-9,15H2,1-3H3/b14-13-. The molecule has 0 saturated carbocycles. The van der Waals surface area contributed by atoms with Crippen LogP contribution in [0.15, 0.2) is 30.0 Å². The summed E-state index contributed by atoms with van der Waals surface area (Å²) in [5.41, 5.74) is 3.16. The second-order valence-electron chi connectivity index (χ2n) is 4.04. The zero-order chi connectivity index (χ0) is 13.5. The van der Waals surface area contributed by atoms with Crippen LogP contribution in [-0.2, 0) is 9.47 Å². The van der Waals surface area contributed by atoms with Crippen LogP contribution in [-0.4, -0.2) is 19.5 Å². The van der Waals surface area contributed by atoms with Crippen molar-refractivity contribution in [2.45, 2.75) is 59.2 Å². The maximum atomic E-state index is 5.44. The van der Waals surface area contributed by atoms with Crippen LogP contribution in [0.4, 0.5) is 0 Å². The van der Waals surface area contributed by atoms with Gasteiger partial charge < -0.3 is 9.47 Å². The molecular weight excluding hydrogens is 224 g/mol. The summed E-state index contributed by atoms with van der Waals surface area (Å²) < 4.78 is 10.9. The molecule has 2 heteroatoms. The average molecular weight is 252 g/mol. The number of allylic oxidation sites excluding steroid dienone is 2. The highest BCUT2D eigenvalue weighted by molar-refractivity contribution is 5.02. The van der Waals surface area contributed by atoms with Crippen molar-refractivity contribution < 1.29 is 9.47 Å². The molecule has 0 atom stereocenters. The van der Waals surface area contributed by atoms with E-state index in [9.17, 15) is 0 Å². The zero-order valence-electron chi connectivity index (χ0n) is 12.2. The molecule has 0 aromatic heterocycles. The molecular formula is C16H28O2. The molecule has 0 heterocycles. The van der Waals surface area contributed by atoms with Crippen molar-refractivity contribution in [3.05, 3.63) is 30.0 Å². The van der Waals surface area contributed by atoms with Crippen molar-refractivity contribution in [2.24, 2.45) is 0 Å². The van der Waals surface area contributed by atoms with Crippen molar-refractivity contribution in [3.8, 4) is 0 Å². The topological polar surface area (TPSA) is 18.5 Å². The van der Waals surface area contributed by atoms with Gasteiger partial charge in [0.25, 0.3) is 0 Å². The molecule has 0 fully saturated rings. The van der Waals surface area contributed by atoms with Gasteiger partial charge in [0, 0.05) is 19.6 Å². The summed E-state index contributed by atoms with van der Waals surface area (Å²) in [5.74, 6) is 0. The molecule has 0 aromatic carbocycles. The predicted molar refractivity (Wildman–Crippen MR) is 77.6 cm³/mol. The Labute approximate surface area is 112 Å². The Kier molecular flexibility index (Phi) is 13.6. The Morgan fingerprint density at radius 1 is 1.06 bits per heavy atom. The molecule has 0 aromatic rings. The minimum absolute atomic E-state index is 0.113. The maximum absolute atomic E-state index is 5.44. The van der Waals surface area contributed by atoms with Crippen molar-refractivity contribution in [3.63, 3.8) is 0 Å². The minimum Gasteiger partial charge on any atom is -0.353 e. The van der Waals surface area contributed by atoms with Crippen LogP contribution in [0.5, 0.6) is 0 Å². The van der Waals surface area contributed by atoms with Crippen LogP contribution in [0.1, 0.15) is 52.9 Å². The fraction of sp³-hybridized carbons (Fsp3) is 0.688. The lowest BCUT2D eigenvalue weighted by Gasteiger charge is -2.14. The van der Waals surface area contributed by atoms with E-state index in [0.717, 1.165) is 12.8 Å². The molecule has 0 rings (SSSR count). The highest BCUT2D eigenvalue weighted by Gasteiger charge is 2.03. The first-order valence-corrected chi connectivity index (χ1v) is 7.14. The monoisotopic (exact) mass is 252 g/mol. The first kappa shape index (κ1) is 17.2. The van der Waals surface area contributed by atoms with Crippen molar-refractivity contribution >= 4 is 0 Å². The van der Waals surface area contributed by atoms with Gasteiger partial charge in [0.2, 0.25) is 0 Å². The van der Waals surface area contributed by atoms with Crippen LogP contribution in [0.3, 0.4) is 0 Å². The van der Waals surface area contributed by atoms with E-state index in [0.29, 0.717) is 13.2 Å².